The van der Waals surface area contributed by atoms with Gasteiger partial charge in [-0.05, 0) is 54.8 Å². The van der Waals surface area contributed by atoms with Gasteiger partial charge in [-0.3, -0.25) is 0 Å². The standard InChI is InChI=1S/C22H24N6S/c1-14-8-10-27(11-9-14)22-24-19(17-7-4-12-29-17)18-20(23)28(26-21(18)25-22)16-6-3-5-15(2)13-16/h3-7,12-14H,8-11,23H2,1-2H3. The summed E-state index contributed by atoms with van der Waals surface area (Å²) in [6.07, 6.45) is 2.32. The number of nitrogen functional groups attached to an aromatic ring is 1. The first kappa shape index (κ1) is 18.1. The first-order valence-electron chi connectivity index (χ1n) is 10.0. The molecule has 3 aromatic heterocycles. The van der Waals surface area contributed by atoms with E-state index in [1.165, 1.54) is 0 Å². The fraction of sp³-hybridized carbons (Fsp3) is 0.318. The molecule has 5 rings (SSSR count). The van der Waals surface area contributed by atoms with E-state index in [9.17, 15) is 0 Å². The van der Waals surface area contributed by atoms with E-state index in [1.54, 1.807) is 16.0 Å². The molecule has 0 unspecified atom stereocenters. The predicted octanol–water partition coefficient (Wildman–Crippen LogP) is 4.67. The molecule has 0 amide bonds. The van der Waals surface area contributed by atoms with E-state index in [0.717, 1.165) is 65.0 Å². The maximum absolute atomic E-state index is 6.59. The van der Waals surface area contributed by atoms with Crippen molar-refractivity contribution in [3.8, 4) is 16.3 Å². The molecule has 148 valence electrons. The molecule has 29 heavy (non-hydrogen) atoms. The van der Waals surface area contributed by atoms with Crippen LogP contribution in [0.2, 0.25) is 0 Å². The van der Waals surface area contributed by atoms with Crippen molar-refractivity contribution in [2.24, 2.45) is 5.92 Å². The number of thiophene rings is 1. The molecule has 0 aliphatic carbocycles. The number of benzene rings is 1. The number of hydrogen-bond donors (Lipinski definition) is 1. The van der Waals surface area contributed by atoms with Crippen LogP contribution in [0, 0.1) is 12.8 Å². The number of rotatable bonds is 3. The zero-order valence-corrected chi connectivity index (χ0v) is 17.5. The molecule has 0 saturated carbocycles. The molecule has 0 radical (unpaired) electrons. The van der Waals surface area contributed by atoms with Crippen molar-refractivity contribution < 1.29 is 0 Å². The van der Waals surface area contributed by atoms with Gasteiger partial charge in [0.2, 0.25) is 5.95 Å². The Hall–Kier alpha value is -2.93. The van der Waals surface area contributed by atoms with E-state index >= 15 is 0 Å². The number of aryl methyl sites for hydroxylation is 1. The van der Waals surface area contributed by atoms with E-state index in [2.05, 4.69) is 42.3 Å². The summed E-state index contributed by atoms with van der Waals surface area (Å²) in [6.45, 7) is 6.33. The number of anilines is 2. The quantitative estimate of drug-likeness (QED) is 0.537. The molecule has 1 aliphatic rings. The minimum Gasteiger partial charge on any atom is -0.383 e. The highest BCUT2D eigenvalue weighted by Gasteiger charge is 2.24. The summed E-state index contributed by atoms with van der Waals surface area (Å²) < 4.78 is 1.78. The van der Waals surface area contributed by atoms with Crippen LogP contribution in [0.3, 0.4) is 0 Å². The molecule has 1 aromatic carbocycles. The van der Waals surface area contributed by atoms with Crippen molar-refractivity contribution in [3.63, 3.8) is 0 Å². The van der Waals surface area contributed by atoms with Crippen LogP contribution in [0.25, 0.3) is 27.3 Å². The number of fused-ring (bicyclic) bond motifs is 1. The molecule has 4 aromatic rings. The highest BCUT2D eigenvalue weighted by Crippen LogP contribution is 2.36. The molecule has 7 heteroatoms. The van der Waals surface area contributed by atoms with Gasteiger partial charge in [0, 0.05) is 13.1 Å². The third-order valence-electron chi connectivity index (χ3n) is 5.62. The van der Waals surface area contributed by atoms with Crippen LogP contribution in [0.4, 0.5) is 11.8 Å². The lowest BCUT2D eigenvalue weighted by Gasteiger charge is -2.30. The van der Waals surface area contributed by atoms with Crippen LogP contribution in [0.5, 0.6) is 0 Å². The number of nitrogens with two attached hydrogens (primary N) is 1. The topological polar surface area (TPSA) is 72.9 Å². The van der Waals surface area contributed by atoms with Gasteiger partial charge in [-0.2, -0.15) is 4.98 Å². The SMILES string of the molecule is Cc1cccc(-n2nc3nc(N4CCC(C)CC4)nc(-c4cccs4)c3c2N)c1. The third kappa shape index (κ3) is 3.25. The molecule has 6 nitrogen and oxygen atoms in total. The van der Waals surface area contributed by atoms with Crippen LogP contribution >= 0.6 is 11.3 Å². The van der Waals surface area contributed by atoms with Crippen LogP contribution in [0.1, 0.15) is 25.3 Å². The van der Waals surface area contributed by atoms with Crippen molar-refractivity contribution in [2.45, 2.75) is 26.7 Å². The van der Waals surface area contributed by atoms with Crippen molar-refractivity contribution in [2.75, 3.05) is 23.7 Å². The summed E-state index contributed by atoms with van der Waals surface area (Å²) in [7, 11) is 0. The molecule has 1 aliphatic heterocycles. The Morgan fingerprint density at radius 1 is 1.10 bits per heavy atom. The minimum absolute atomic E-state index is 0.577. The lowest BCUT2D eigenvalue weighted by molar-refractivity contribution is 0.435. The summed E-state index contributed by atoms with van der Waals surface area (Å²) in [6, 6.07) is 12.3. The predicted molar refractivity (Wildman–Crippen MR) is 120 cm³/mol. The summed E-state index contributed by atoms with van der Waals surface area (Å²) in [5.41, 5.74) is 10.2. The normalized spacial score (nSPS) is 15.3. The fourth-order valence-corrected chi connectivity index (χ4v) is 4.62. The number of nitrogens with zero attached hydrogens (tertiary/aromatic N) is 5. The second kappa shape index (κ2) is 7.15. The van der Waals surface area contributed by atoms with Gasteiger partial charge in [0.05, 0.1) is 21.6 Å². The average molecular weight is 405 g/mol. The summed E-state index contributed by atoms with van der Waals surface area (Å²) in [5.74, 6) is 2.08. The average Bonchev–Trinajstić information content (AvgIpc) is 3.36. The second-order valence-corrected chi connectivity index (χ2v) is 8.80. The monoisotopic (exact) mass is 404 g/mol. The van der Waals surface area contributed by atoms with E-state index in [-0.39, 0.29) is 0 Å². The van der Waals surface area contributed by atoms with Gasteiger partial charge in [-0.25, -0.2) is 9.67 Å². The molecule has 2 N–H and O–H groups in total. The first-order chi connectivity index (χ1) is 14.1. The Kier molecular flexibility index (Phi) is 4.47. The van der Waals surface area contributed by atoms with Gasteiger partial charge < -0.3 is 10.6 Å². The van der Waals surface area contributed by atoms with Gasteiger partial charge in [0.1, 0.15) is 5.82 Å². The highest BCUT2D eigenvalue weighted by molar-refractivity contribution is 7.13. The smallest absolute Gasteiger partial charge is 0.228 e. The summed E-state index contributed by atoms with van der Waals surface area (Å²) in [5, 5.41) is 7.67. The highest BCUT2D eigenvalue weighted by atomic mass is 32.1. The molecule has 0 bridgehead atoms. The van der Waals surface area contributed by atoms with Crippen LogP contribution < -0.4 is 10.6 Å². The molecular weight excluding hydrogens is 380 g/mol. The van der Waals surface area contributed by atoms with Crippen molar-refractivity contribution in [1.29, 1.82) is 0 Å². The maximum atomic E-state index is 6.59. The van der Waals surface area contributed by atoms with Gasteiger partial charge in [-0.15, -0.1) is 16.4 Å². The lowest BCUT2D eigenvalue weighted by atomic mass is 10.00. The summed E-state index contributed by atoms with van der Waals surface area (Å²) in [4.78, 5) is 13.2. The molecule has 0 atom stereocenters. The van der Waals surface area contributed by atoms with E-state index < -0.39 is 0 Å². The third-order valence-corrected chi connectivity index (χ3v) is 6.50. The molecule has 4 heterocycles. The Balaban J connectivity index is 1.70. The van der Waals surface area contributed by atoms with E-state index in [1.807, 2.05) is 18.2 Å². The number of aromatic nitrogens is 4. The van der Waals surface area contributed by atoms with Crippen molar-refractivity contribution in [1.82, 2.24) is 19.7 Å². The Labute approximate surface area is 174 Å². The van der Waals surface area contributed by atoms with Crippen LogP contribution in [0.15, 0.2) is 41.8 Å². The van der Waals surface area contributed by atoms with Crippen LogP contribution in [-0.2, 0) is 0 Å². The number of piperidine rings is 1. The lowest BCUT2D eigenvalue weighted by Crippen LogP contribution is -2.34. The van der Waals surface area contributed by atoms with Gasteiger partial charge >= 0.3 is 0 Å². The molecular formula is C22H24N6S. The van der Waals surface area contributed by atoms with Gasteiger partial charge in [0.25, 0.3) is 0 Å². The van der Waals surface area contributed by atoms with Gasteiger partial charge in [0.15, 0.2) is 5.65 Å². The first-order valence-corrected chi connectivity index (χ1v) is 10.9. The van der Waals surface area contributed by atoms with Crippen LogP contribution in [-0.4, -0.2) is 32.8 Å². The Morgan fingerprint density at radius 2 is 1.93 bits per heavy atom. The Morgan fingerprint density at radius 3 is 2.66 bits per heavy atom. The van der Waals surface area contributed by atoms with Crippen molar-refractivity contribution in [3.05, 3.63) is 47.3 Å². The molecule has 1 fully saturated rings. The van der Waals surface area contributed by atoms with E-state index in [0.29, 0.717) is 11.5 Å². The fourth-order valence-electron chi connectivity index (χ4n) is 3.90. The summed E-state index contributed by atoms with van der Waals surface area (Å²) >= 11 is 1.66. The van der Waals surface area contributed by atoms with Gasteiger partial charge in [-0.1, -0.05) is 25.1 Å². The zero-order valence-electron chi connectivity index (χ0n) is 16.7. The minimum atomic E-state index is 0.577. The van der Waals surface area contributed by atoms with Crippen molar-refractivity contribution >= 4 is 34.1 Å². The molecule has 1 saturated heterocycles. The van der Waals surface area contributed by atoms with E-state index in [4.69, 9.17) is 20.8 Å². The maximum Gasteiger partial charge on any atom is 0.228 e. The Bertz CT molecular complexity index is 1160. The zero-order chi connectivity index (χ0) is 20.0. The number of hydrogen-bond acceptors (Lipinski definition) is 6. The molecule has 0 spiro atoms. The largest absolute Gasteiger partial charge is 0.383 e. The second-order valence-electron chi connectivity index (χ2n) is 7.85.